The van der Waals surface area contributed by atoms with Crippen LogP contribution in [0.25, 0.3) is 0 Å². The van der Waals surface area contributed by atoms with Crippen molar-refractivity contribution < 1.29 is 9.22 Å². The number of halogens is 1. The monoisotopic (exact) mass is 509 g/mol. The topological polar surface area (TPSA) is 29.5 Å². The van der Waals surface area contributed by atoms with Crippen LogP contribution in [0.2, 0.25) is 13.1 Å². The van der Waals surface area contributed by atoms with Crippen molar-refractivity contribution in [2.45, 2.75) is 59.0 Å². The molecule has 152 valence electrons. The van der Waals surface area contributed by atoms with Gasteiger partial charge in [-0.3, -0.25) is 4.79 Å². The Bertz CT molecular complexity index is 797. The van der Waals surface area contributed by atoms with Crippen LogP contribution in [0.4, 0.5) is 5.69 Å². The molecular weight excluding hydrogens is 477 g/mol. The minimum atomic E-state index is -1.23. The molecule has 0 saturated heterocycles. The molecule has 0 unspecified atom stereocenters. The van der Waals surface area contributed by atoms with E-state index in [1.165, 1.54) is 5.56 Å². The van der Waals surface area contributed by atoms with Crippen molar-refractivity contribution in [3.63, 3.8) is 0 Å². The molecule has 0 aromatic heterocycles. The Kier molecular flexibility index (Phi) is 8.13. The fourth-order valence-electron chi connectivity index (χ4n) is 2.97. The zero-order chi connectivity index (χ0) is 20.9. The summed E-state index contributed by atoms with van der Waals surface area (Å²) in [4.78, 5) is 15.4. The van der Waals surface area contributed by atoms with Gasteiger partial charge in [0.2, 0.25) is 9.04 Å². The molecule has 0 bridgehead atoms. The van der Waals surface area contributed by atoms with Crippen molar-refractivity contribution in [1.82, 2.24) is 0 Å². The minimum absolute atomic E-state index is 0.0391. The first-order valence-electron chi connectivity index (χ1n) is 10.0. The number of hydrogen-bond donors (Lipinski definition) is 0. The summed E-state index contributed by atoms with van der Waals surface area (Å²) < 4.78 is 6.92. The van der Waals surface area contributed by atoms with Gasteiger partial charge in [-0.2, -0.15) is 0 Å². The lowest BCUT2D eigenvalue weighted by Crippen LogP contribution is -2.32. The first kappa shape index (κ1) is 22.9. The smallest absolute Gasteiger partial charge is 0.259 e. The Balaban J connectivity index is 2.39. The standard InChI is InChI=1S/C23H32INO2Si/c1-7-8-16-25(18-14-12-17(13-15-18)23(2,3)4)22(26)19-10-9-11-20(21(19)24)27-28(5)6/h9-15,28H,7-8,16H2,1-6H3. The first-order valence-corrected chi connectivity index (χ1v) is 13.9. The molecule has 0 spiro atoms. The highest BCUT2D eigenvalue weighted by Crippen LogP contribution is 2.29. The normalized spacial score (nSPS) is 11.6. The number of hydrogen-bond acceptors (Lipinski definition) is 2. The van der Waals surface area contributed by atoms with E-state index in [1.807, 2.05) is 23.1 Å². The van der Waals surface area contributed by atoms with E-state index in [0.717, 1.165) is 27.8 Å². The molecule has 0 radical (unpaired) electrons. The predicted molar refractivity (Wildman–Crippen MR) is 130 cm³/mol. The van der Waals surface area contributed by atoms with Gasteiger partial charge in [0.05, 0.1) is 9.13 Å². The van der Waals surface area contributed by atoms with E-state index in [-0.39, 0.29) is 11.3 Å². The largest absolute Gasteiger partial charge is 0.546 e. The van der Waals surface area contributed by atoms with Crippen LogP contribution in [-0.2, 0) is 5.41 Å². The summed E-state index contributed by atoms with van der Waals surface area (Å²) in [6.45, 7) is 13.7. The number of nitrogens with zero attached hydrogens (tertiary/aromatic N) is 1. The van der Waals surface area contributed by atoms with Crippen molar-refractivity contribution in [3.8, 4) is 5.75 Å². The zero-order valence-corrected chi connectivity index (χ0v) is 21.2. The summed E-state index contributed by atoms with van der Waals surface area (Å²) in [5.74, 6) is 0.865. The number of carbonyl (C=O) groups excluding carboxylic acids is 1. The van der Waals surface area contributed by atoms with Crippen LogP contribution in [0.5, 0.6) is 5.75 Å². The second-order valence-corrected chi connectivity index (χ2v) is 11.8. The van der Waals surface area contributed by atoms with E-state index in [4.69, 9.17) is 4.43 Å². The van der Waals surface area contributed by atoms with E-state index in [0.29, 0.717) is 12.1 Å². The summed E-state index contributed by atoms with van der Waals surface area (Å²) in [7, 11) is -1.23. The van der Waals surface area contributed by atoms with Gasteiger partial charge < -0.3 is 9.33 Å². The molecule has 5 heteroatoms. The van der Waals surface area contributed by atoms with Crippen molar-refractivity contribution >= 4 is 43.2 Å². The molecule has 0 aliphatic rings. The molecule has 2 rings (SSSR count). The molecule has 0 aliphatic heterocycles. The average Bonchev–Trinajstić information content (AvgIpc) is 2.63. The van der Waals surface area contributed by atoms with E-state index in [1.54, 1.807) is 0 Å². The Hall–Kier alpha value is -1.34. The molecule has 0 saturated carbocycles. The molecule has 28 heavy (non-hydrogen) atoms. The number of benzene rings is 2. The Morgan fingerprint density at radius 3 is 2.29 bits per heavy atom. The highest BCUT2D eigenvalue weighted by atomic mass is 127. The van der Waals surface area contributed by atoms with E-state index in [9.17, 15) is 4.79 Å². The maximum atomic E-state index is 13.5. The lowest BCUT2D eigenvalue weighted by atomic mass is 9.87. The summed E-state index contributed by atoms with van der Waals surface area (Å²) in [6, 6.07) is 14.2. The lowest BCUT2D eigenvalue weighted by Gasteiger charge is -2.26. The van der Waals surface area contributed by atoms with E-state index < -0.39 is 9.04 Å². The SMILES string of the molecule is CCCCN(C(=O)c1cccc(O[SiH](C)C)c1I)c1ccc(C(C)(C)C)cc1. The lowest BCUT2D eigenvalue weighted by molar-refractivity contribution is 0.0985. The zero-order valence-electron chi connectivity index (χ0n) is 17.9. The Morgan fingerprint density at radius 1 is 1.11 bits per heavy atom. The number of anilines is 1. The Morgan fingerprint density at radius 2 is 1.75 bits per heavy atom. The van der Waals surface area contributed by atoms with Crippen LogP contribution < -0.4 is 9.33 Å². The molecule has 1 amide bonds. The summed E-state index contributed by atoms with van der Waals surface area (Å²) in [5, 5.41) is 0. The van der Waals surface area contributed by atoms with Gasteiger partial charge in [-0.1, -0.05) is 52.3 Å². The molecule has 0 atom stereocenters. The van der Waals surface area contributed by atoms with E-state index in [2.05, 4.69) is 87.6 Å². The maximum absolute atomic E-state index is 13.5. The van der Waals surface area contributed by atoms with Crippen LogP contribution in [0.3, 0.4) is 0 Å². The van der Waals surface area contributed by atoms with Crippen LogP contribution in [-0.4, -0.2) is 21.5 Å². The molecular formula is C23H32INO2Si. The molecule has 0 fully saturated rings. The highest BCUT2D eigenvalue weighted by Gasteiger charge is 2.22. The van der Waals surface area contributed by atoms with Crippen LogP contribution in [0, 0.1) is 3.57 Å². The molecule has 2 aromatic carbocycles. The van der Waals surface area contributed by atoms with Crippen molar-refractivity contribution in [3.05, 3.63) is 57.2 Å². The van der Waals surface area contributed by atoms with Gasteiger partial charge in [0.15, 0.2) is 0 Å². The molecule has 3 nitrogen and oxygen atoms in total. The van der Waals surface area contributed by atoms with Crippen molar-refractivity contribution in [2.24, 2.45) is 0 Å². The summed E-state index contributed by atoms with van der Waals surface area (Å²) >= 11 is 2.25. The fraction of sp³-hybridized carbons (Fsp3) is 0.435. The quantitative estimate of drug-likeness (QED) is 0.320. The average molecular weight is 510 g/mol. The number of carbonyl (C=O) groups is 1. The fourth-order valence-corrected chi connectivity index (χ4v) is 4.63. The number of unbranched alkanes of at least 4 members (excludes halogenated alkanes) is 1. The maximum Gasteiger partial charge on any atom is 0.259 e. The third-order valence-corrected chi connectivity index (χ3v) is 6.42. The second-order valence-electron chi connectivity index (χ2n) is 8.39. The third kappa shape index (κ3) is 5.83. The van der Waals surface area contributed by atoms with Crippen molar-refractivity contribution in [2.75, 3.05) is 11.4 Å². The predicted octanol–water partition coefficient (Wildman–Crippen LogP) is 6.40. The number of rotatable bonds is 7. The first-order chi connectivity index (χ1) is 13.1. The summed E-state index contributed by atoms with van der Waals surface area (Å²) in [5.41, 5.74) is 3.03. The summed E-state index contributed by atoms with van der Waals surface area (Å²) in [6.07, 6.45) is 2.02. The van der Waals surface area contributed by atoms with Crippen LogP contribution >= 0.6 is 22.6 Å². The van der Waals surface area contributed by atoms with Gasteiger partial charge in [0, 0.05) is 12.2 Å². The van der Waals surface area contributed by atoms with Gasteiger partial charge in [-0.05, 0) is 77.3 Å². The molecule has 0 aliphatic carbocycles. The second kappa shape index (κ2) is 9.92. The van der Waals surface area contributed by atoms with Crippen LogP contribution in [0.15, 0.2) is 42.5 Å². The van der Waals surface area contributed by atoms with Gasteiger partial charge in [0.1, 0.15) is 5.75 Å². The van der Waals surface area contributed by atoms with Crippen molar-refractivity contribution in [1.29, 1.82) is 0 Å². The van der Waals surface area contributed by atoms with Gasteiger partial charge in [-0.25, -0.2) is 0 Å². The molecule has 0 heterocycles. The van der Waals surface area contributed by atoms with Gasteiger partial charge in [0.25, 0.3) is 5.91 Å². The third-order valence-electron chi connectivity index (χ3n) is 4.58. The van der Waals surface area contributed by atoms with Crippen LogP contribution in [0.1, 0.15) is 56.5 Å². The number of amides is 1. The molecule has 2 aromatic rings. The van der Waals surface area contributed by atoms with Gasteiger partial charge >= 0.3 is 0 Å². The molecule has 0 N–H and O–H groups in total. The van der Waals surface area contributed by atoms with E-state index >= 15 is 0 Å². The minimum Gasteiger partial charge on any atom is -0.546 e. The Labute approximate surface area is 185 Å². The van der Waals surface area contributed by atoms with Gasteiger partial charge in [-0.15, -0.1) is 0 Å². The highest BCUT2D eigenvalue weighted by molar-refractivity contribution is 14.1.